The molecule has 0 radical (unpaired) electrons. The first-order valence-corrected chi connectivity index (χ1v) is 17.2. The van der Waals surface area contributed by atoms with Gasteiger partial charge < -0.3 is 10.2 Å². The van der Waals surface area contributed by atoms with Gasteiger partial charge in [0.1, 0.15) is 0 Å². The minimum absolute atomic E-state index is 0.329. The van der Waals surface area contributed by atoms with Crippen molar-refractivity contribution >= 4 is 11.9 Å². The number of hydrogen-bond acceptors (Lipinski definition) is 2. The van der Waals surface area contributed by atoms with Crippen LogP contribution in [0.4, 0.5) is 0 Å². The lowest BCUT2D eigenvalue weighted by atomic mass is 9.85. The van der Waals surface area contributed by atoms with E-state index in [0.717, 1.165) is 38.5 Å². The molecule has 2 unspecified atom stereocenters. The molecule has 0 aliphatic heterocycles. The Hall–Kier alpha value is -3.14. The summed E-state index contributed by atoms with van der Waals surface area (Å²) in [6, 6.07) is 0. The number of rotatable bonds is 29. The van der Waals surface area contributed by atoms with Crippen LogP contribution in [0.5, 0.6) is 0 Å². The van der Waals surface area contributed by atoms with E-state index in [1.54, 1.807) is 0 Å². The van der Waals surface area contributed by atoms with Crippen molar-refractivity contribution < 1.29 is 19.8 Å². The molecule has 0 rings (SSSR count). The van der Waals surface area contributed by atoms with Gasteiger partial charge >= 0.3 is 11.9 Å². The number of carboxylic acids is 2. The zero-order valence-corrected chi connectivity index (χ0v) is 27.8. The molecular formula is C40H62O4. The Morgan fingerprint density at radius 1 is 0.409 bits per heavy atom. The first kappa shape index (κ1) is 40.9. The molecule has 0 amide bonds. The van der Waals surface area contributed by atoms with Crippen LogP contribution >= 0.6 is 0 Å². The summed E-state index contributed by atoms with van der Waals surface area (Å²) in [5.74, 6) is -3.82. The second kappa shape index (κ2) is 32.8. The van der Waals surface area contributed by atoms with E-state index in [9.17, 15) is 19.8 Å². The molecule has 0 saturated heterocycles. The molecule has 0 aromatic heterocycles. The molecule has 2 N–H and O–H groups in total. The number of hydrogen-bond donors (Lipinski definition) is 2. The molecule has 0 fully saturated rings. The third kappa shape index (κ3) is 27.7. The maximum Gasteiger partial charge on any atom is 0.307 e. The Balaban J connectivity index is 4.24. The van der Waals surface area contributed by atoms with Gasteiger partial charge in [0, 0.05) is 0 Å². The van der Waals surface area contributed by atoms with Crippen LogP contribution in [-0.2, 0) is 9.59 Å². The Labute approximate surface area is 269 Å². The summed E-state index contributed by atoms with van der Waals surface area (Å²) in [6.07, 6.45) is 51.2. The van der Waals surface area contributed by atoms with Crippen molar-refractivity contribution in [3.63, 3.8) is 0 Å². The van der Waals surface area contributed by atoms with Gasteiger partial charge in [-0.05, 0) is 89.9 Å². The summed E-state index contributed by atoms with van der Waals surface area (Å²) in [6.45, 7) is 4.44. The smallest absolute Gasteiger partial charge is 0.307 e. The first-order valence-electron chi connectivity index (χ1n) is 17.2. The van der Waals surface area contributed by atoms with Gasteiger partial charge in [0.05, 0.1) is 11.8 Å². The van der Waals surface area contributed by atoms with Crippen molar-refractivity contribution in [2.24, 2.45) is 11.8 Å². The normalized spacial score (nSPS) is 14.3. The van der Waals surface area contributed by atoms with Crippen molar-refractivity contribution in [1.82, 2.24) is 0 Å². The van der Waals surface area contributed by atoms with Gasteiger partial charge in [0.2, 0.25) is 0 Å². The largest absolute Gasteiger partial charge is 0.481 e. The topological polar surface area (TPSA) is 74.6 Å². The maximum absolute atomic E-state index is 11.9. The summed E-state index contributed by atoms with van der Waals surface area (Å²) in [4.78, 5) is 23.7. The average Bonchev–Trinajstić information content (AvgIpc) is 3.00. The number of carboxylic acid groups (broad SMARTS) is 2. The van der Waals surface area contributed by atoms with Crippen molar-refractivity contribution in [3.8, 4) is 0 Å². The van der Waals surface area contributed by atoms with Gasteiger partial charge in [0.25, 0.3) is 0 Å². The van der Waals surface area contributed by atoms with Gasteiger partial charge in [-0.1, -0.05) is 137 Å². The molecule has 0 heterocycles. The molecule has 0 bridgehead atoms. The summed E-state index contributed by atoms with van der Waals surface area (Å²) >= 11 is 0. The molecule has 0 spiro atoms. The average molecular weight is 607 g/mol. The van der Waals surface area contributed by atoms with Crippen molar-refractivity contribution in [3.05, 3.63) is 97.2 Å². The molecule has 4 heteroatoms. The monoisotopic (exact) mass is 606 g/mol. The fourth-order valence-electron chi connectivity index (χ4n) is 4.67. The van der Waals surface area contributed by atoms with E-state index < -0.39 is 23.8 Å². The lowest BCUT2D eigenvalue weighted by molar-refractivity contribution is -0.154. The van der Waals surface area contributed by atoms with E-state index >= 15 is 0 Å². The third-order valence-corrected chi connectivity index (χ3v) is 7.32. The molecule has 0 aromatic rings. The zero-order valence-electron chi connectivity index (χ0n) is 27.8. The van der Waals surface area contributed by atoms with Gasteiger partial charge in [0.15, 0.2) is 0 Å². The Morgan fingerprint density at radius 2 is 0.659 bits per heavy atom. The standard InChI is InChI=1S/C40H62O4/c1-3-5-7-9-11-13-15-17-19-21-23-25-27-29-31-33-35-37(39(41)42)38(40(43)44)36-34-32-30-28-26-24-22-20-18-16-14-12-10-8-6-4-2/h11-14,17-20,23-26,29-32,37-38H,3-10,15-16,21-22,27-28,33-36H2,1-2H3,(H,41,42)(H,43,44)/b13-11-,14-12-,19-17-,20-18-,25-23-,26-24-,31-29-,32-30-. The van der Waals surface area contributed by atoms with E-state index in [1.807, 2.05) is 24.3 Å². The van der Waals surface area contributed by atoms with Gasteiger partial charge in [-0.25, -0.2) is 0 Å². The summed E-state index contributed by atoms with van der Waals surface area (Å²) in [7, 11) is 0. The highest BCUT2D eigenvalue weighted by Crippen LogP contribution is 2.24. The molecule has 0 saturated carbocycles. The molecule has 44 heavy (non-hydrogen) atoms. The summed E-state index contributed by atoms with van der Waals surface area (Å²) in [5.41, 5.74) is 0. The van der Waals surface area contributed by atoms with Crippen LogP contribution < -0.4 is 0 Å². The predicted molar refractivity (Wildman–Crippen MR) is 190 cm³/mol. The lowest BCUT2D eigenvalue weighted by Crippen LogP contribution is -2.29. The molecule has 0 aliphatic rings. The van der Waals surface area contributed by atoms with Crippen LogP contribution in [0.3, 0.4) is 0 Å². The third-order valence-electron chi connectivity index (χ3n) is 7.32. The number of aliphatic carboxylic acids is 2. The Morgan fingerprint density at radius 3 is 0.909 bits per heavy atom. The Kier molecular flexibility index (Phi) is 30.4. The van der Waals surface area contributed by atoms with Crippen molar-refractivity contribution in [2.45, 2.75) is 129 Å². The van der Waals surface area contributed by atoms with E-state index in [0.29, 0.717) is 25.7 Å². The predicted octanol–water partition coefficient (Wildman–Crippen LogP) is 11.9. The molecule has 246 valence electrons. The second-order valence-corrected chi connectivity index (χ2v) is 11.2. The summed E-state index contributed by atoms with van der Waals surface area (Å²) in [5, 5.41) is 19.4. The van der Waals surface area contributed by atoms with Crippen molar-refractivity contribution in [2.75, 3.05) is 0 Å². The fourth-order valence-corrected chi connectivity index (χ4v) is 4.67. The molecule has 0 aromatic carbocycles. The SMILES string of the molecule is CCCCC/C=C\C/C=C\C/C=C\C/C=C\CCC(C(=O)O)C(CC/C=C\C/C=C\C/C=C\C/C=C\CCCCC)C(=O)O. The highest BCUT2D eigenvalue weighted by atomic mass is 16.4. The van der Waals surface area contributed by atoms with Crippen LogP contribution in [0.25, 0.3) is 0 Å². The molecule has 4 nitrogen and oxygen atoms in total. The Bertz CT molecular complexity index is 853. The highest BCUT2D eigenvalue weighted by Gasteiger charge is 2.32. The highest BCUT2D eigenvalue weighted by molar-refractivity contribution is 5.79. The zero-order chi connectivity index (χ0) is 32.4. The lowest BCUT2D eigenvalue weighted by Gasteiger charge is -2.19. The number of unbranched alkanes of at least 4 members (excludes halogenated alkanes) is 6. The van der Waals surface area contributed by atoms with Crippen molar-refractivity contribution in [1.29, 1.82) is 0 Å². The van der Waals surface area contributed by atoms with Crippen LogP contribution in [-0.4, -0.2) is 22.2 Å². The molecule has 0 aliphatic carbocycles. The van der Waals surface area contributed by atoms with Crippen LogP contribution in [0.2, 0.25) is 0 Å². The van der Waals surface area contributed by atoms with Crippen LogP contribution in [0.1, 0.15) is 129 Å². The number of allylic oxidation sites excluding steroid dienone is 16. The second-order valence-electron chi connectivity index (χ2n) is 11.2. The van der Waals surface area contributed by atoms with E-state index in [4.69, 9.17) is 0 Å². The quantitative estimate of drug-likeness (QED) is 0.0656. The maximum atomic E-state index is 11.9. The van der Waals surface area contributed by atoms with Gasteiger partial charge in [-0.2, -0.15) is 0 Å². The van der Waals surface area contributed by atoms with E-state index in [2.05, 4.69) is 86.8 Å². The minimum Gasteiger partial charge on any atom is -0.481 e. The minimum atomic E-state index is -1.03. The molecule has 2 atom stereocenters. The van der Waals surface area contributed by atoms with Gasteiger partial charge in [-0.3, -0.25) is 9.59 Å². The van der Waals surface area contributed by atoms with E-state index in [1.165, 1.54) is 51.4 Å². The van der Waals surface area contributed by atoms with Gasteiger partial charge in [-0.15, -0.1) is 0 Å². The van der Waals surface area contributed by atoms with E-state index in [-0.39, 0.29) is 0 Å². The number of carbonyl (C=O) groups is 2. The first-order chi connectivity index (χ1) is 21.5. The molecular weight excluding hydrogens is 544 g/mol. The van der Waals surface area contributed by atoms with Crippen LogP contribution in [0, 0.1) is 11.8 Å². The van der Waals surface area contributed by atoms with Crippen LogP contribution in [0.15, 0.2) is 97.2 Å². The fraction of sp³-hybridized carbons (Fsp3) is 0.550. The summed E-state index contributed by atoms with van der Waals surface area (Å²) < 4.78 is 0.